The summed E-state index contributed by atoms with van der Waals surface area (Å²) in [5.41, 5.74) is 1.72. The Morgan fingerprint density at radius 2 is 1.71 bits per heavy atom. The second-order valence-corrected chi connectivity index (χ2v) is 6.73. The van der Waals surface area contributed by atoms with E-state index in [4.69, 9.17) is 9.47 Å². The first kappa shape index (κ1) is 21.2. The molecule has 0 bridgehead atoms. The Hall–Kier alpha value is -3.09. The van der Waals surface area contributed by atoms with E-state index in [9.17, 15) is 14.9 Å². The monoisotopic (exact) mass is 386 g/mol. The minimum Gasteiger partial charge on any atom is -0.493 e. The molecule has 1 N–H and O–H groups in total. The second kappa shape index (κ2) is 9.21. The number of rotatable bonds is 8. The highest BCUT2D eigenvalue weighted by molar-refractivity contribution is 5.99. The van der Waals surface area contributed by atoms with Crippen LogP contribution in [0.3, 0.4) is 0 Å². The van der Waals surface area contributed by atoms with Gasteiger partial charge in [-0.1, -0.05) is 38.1 Å². The molecule has 2 aromatic carbocycles. The van der Waals surface area contributed by atoms with Gasteiger partial charge in [0.15, 0.2) is 11.5 Å². The molecule has 1 atom stereocenters. The van der Waals surface area contributed by atoms with Crippen LogP contribution in [-0.4, -0.2) is 24.5 Å². The normalized spacial score (nSPS) is 11.8. The Bertz CT molecular complexity index is 847. The summed E-state index contributed by atoms with van der Waals surface area (Å²) < 4.78 is 10.6. The van der Waals surface area contributed by atoms with E-state index >= 15 is 0 Å². The molecule has 7 nitrogen and oxygen atoms in total. The largest absolute Gasteiger partial charge is 0.493 e. The molecule has 0 saturated carbocycles. The van der Waals surface area contributed by atoms with Gasteiger partial charge in [-0.25, -0.2) is 0 Å². The predicted octanol–water partition coefficient (Wildman–Crippen LogP) is 4.62. The zero-order valence-corrected chi connectivity index (χ0v) is 16.8. The van der Waals surface area contributed by atoms with Crippen LogP contribution in [0.15, 0.2) is 36.4 Å². The van der Waals surface area contributed by atoms with Gasteiger partial charge in [0.25, 0.3) is 11.6 Å². The maximum Gasteiger partial charge on any atom is 0.286 e. The lowest BCUT2D eigenvalue weighted by atomic mass is 9.99. The summed E-state index contributed by atoms with van der Waals surface area (Å²) in [5, 5.41) is 14.3. The van der Waals surface area contributed by atoms with Crippen molar-refractivity contribution in [1.82, 2.24) is 5.32 Å². The molecule has 0 aromatic heterocycles. The maximum absolute atomic E-state index is 12.8. The molecule has 0 heterocycles. The number of nitrogens with one attached hydrogen (secondary N) is 1. The Labute approximate surface area is 164 Å². The summed E-state index contributed by atoms with van der Waals surface area (Å²) in [4.78, 5) is 23.6. The van der Waals surface area contributed by atoms with Crippen LogP contribution >= 0.6 is 0 Å². The molecule has 28 heavy (non-hydrogen) atoms. The fraction of sp³-hybridized carbons (Fsp3) is 0.381. The van der Waals surface area contributed by atoms with E-state index in [0.29, 0.717) is 12.5 Å². The van der Waals surface area contributed by atoms with Crippen molar-refractivity contribution < 1.29 is 19.2 Å². The molecule has 2 aromatic rings. The Kier molecular flexibility index (Phi) is 6.98. The van der Waals surface area contributed by atoms with Crippen LogP contribution < -0.4 is 14.8 Å². The molecule has 150 valence electrons. The van der Waals surface area contributed by atoms with E-state index in [1.54, 1.807) is 6.92 Å². The summed E-state index contributed by atoms with van der Waals surface area (Å²) >= 11 is 0. The van der Waals surface area contributed by atoms with Crippen LogP contribution in [0.4, 0.5) is 5.69 Å². The molecule has 2 rings (SSSR count). The second-order valence-electron chi connectivity index (χ2n) is 6.73. The zero-order chi connectivity index (χ0) is 20.8. The number of ether oxygens (including phenoxy) is 2. The van der Waals surface area contributed by atoms with Crippen molar-refractivity contribution in [2.24, 2.45) is 0 Å². The van der Waals surface area contributed by atoms with Gasteiger partial charge < -0.3 is 14.8 Å². The van der Waals surface area contributed by atoms with Gasteiger partial charge in [-0.2, -0.15) is 0 Å². The lowest BCUT2D eigenvalue weighted by Gasteiger charge is -2.17. The highest BCUT2D eigenvalue weighted by Crippen LogP contribution is 2.35. The topological polar surface area (TPSA) is 90.7 Å². The fourth-order valence-electron chi connectivity index (χ4n) is 2.84. The van der Waals surface area contributed by atoms with Crippen molar-refractivity contribution in [3.05, 3.63) is 63.2 Å². The number of nitrogens with zero attached hydrogens (tertiary/aromatic N) is 1. The van der Waals surface area contributed by atoms with Crippen LogP contribution in [0, 0.1) is 10.1 Å². The third kappa shape index (κ3) is 4.79. The van der Waals surface area contributed by atoms with Gasteiger partial charge in [-0.05, 0) is 30.9 Å². The number of hydrogen-bond acceptors (Lipinski definition) is 5. The Morgan fingerprint density at radius 1 is 1.11 bits per heavy atom. The van der Waals surface area contributed by atoms with Crippen LogP contribution in [0.25, 0.3) is 0 Å². The molecule has 0 fully saturated rings. The molecule has 0 spiro atoms. The van der Waals surface area contributed by atoms with E-state index in [1.165, 1.54) is 24.8 Å². The first-order valence-corrected chi connectivity index (χ1v) is 9.18. The average Bonchev–Trinajstić information content (AvgIpc) is 2.67. The van der Waals surface area contributed by atoms with Gasteiger partial charge in [0, 0.05) is 6.07 Å². The standard InChI is InChI=1S/C21H26N2O5/c1-6-28-20-12-18(23(25)26)17(11-19(20)27-5)21(24)22-14(4)16-9-7-15(8-10-16)13(2)3/h7-14H,6H2,1-5H3,(H,22,24). The van der Waals surface area contributed by atoms with Crippen LogP contribution in [0.5, 0.6) is 11.5 Å². The minimum absolute atomic E-state index is 0.0732. The molecule has 7 heteroatoms. The lowest BCUT2D eigenvalue weighted by Crippen LogP contribution is -2.27. The zero-order valence-electron chi connectivity index (χ0n) is 16.8. The molecule has 0 aliphatic heterocycles. The summed E-state index contributed by atoms with van der Waals surface area (Å²) in [6, 6.07) is 10.2. The van der Waals surface area contributed by atoms with E-state index in [-0.39, 0.29) is 28.8 Å². The van der Waals surface area contributed by atoms with Crippen molar-refractivity contribution >= 4 is 11.6 Å². The molecule has 0 aliphatic carbocycles. The first-order chi connectivity index (χ1) is 13.3. The maximum atomic E-state index is 12.8. The summed E-state index contributed by atoms with van der Waals surface area (Å²) in [5.74, 6) is 0.364. The fourth-order valence-corrected chi connectivity index (χ4v) is 2.84. The smallest absolute Gasteiger partial charge is 0.286 e. The number of carbonyl (C=O) groups excluding carboxylic acids is 1. The van der Waals surface area contributed by atoms with Gasteiger partial charge >= 0.3 is 0 Å². The van der Waals surface area contributed by atoms with E-state index in [2.05, 4.69) is 19.2 Å². The van der Waals surface area contributed by atoms with Gasteiger partial charge in [0.05, 0.1) is 30.7 Å². The number of nitro groups is 1. The highest BCUT2D eigenvalue weighted by Gasteiger charge is 2.25. The summed E-state index contributed by atoms with van der Waals surface area (Å²) in [6.45, 7) is 8.14. The number of carbonyl (C=O) groups is 1. The summed E-state index contributed by atoms with van der Waals surface area (Å²) in [7, 11) is 1.42. The van der Waals surface area contributed by atoms with E-state index in [0.717, 1.165) is 5.56 Å². The first-order valence-electron chi connectivity index (χ1n) is 9.18. The third-order valence-corrected chi connectivity index (χ3v) is 4.47. The molecule has 0 radical (unpaired) electrons. The Morgan fingerprint density at radius 3 is 2.21 bits per heavy atom. The van der Waals surface area contributed by atoms with Gasteiger partial charge in [0.1, 0.15) is 5.56 Å². The molecular formula is C21H26N2O5. The van der Waals surface area contributed by atoms with Crippen molar-refractivity contribution in [2.45, 2.75) is 39.7 Å². The lowest BCUT2D eigenvalue weighted by molar-refractivity contribution is -0.385. The van der Waals surface area contributed by atoms with Crippen molar-refractivity contribution in [2.75, 3.05) is 13.7 Å². The highest BCUT2D eigenvalue weighted by atomic mass is 16.6. The van der Waals surface area contributed by atoms with Gasteiger partial charge in [0.2, 0.25) is 0 Å². The van der Waals surface area contributed by atoms with Gasteiger partial charge in [-0.3, -0.25) is 14.9 Å². The van der Waals surface area contributed by atoms with Crippen molar-refractivity contribution in [3.8, 4) is 11.5 Å². The number of benzene rings is 2. The molecule has 1 amide bonds. The molecule has 0 saturated heterocycles. The number of hydrogen-bond donors (Lipinski definition) is 1. The number of methoxy groups -OCH3 is 1. The number of amides is 1. The van der Waals surface area contributed by atoms with Crippen molar-refractivity contribution in [3.63, 3.8) is 0 Å². The quantitative estimate of drug-likeness (QED) is 0.528. The van der Waals surface area contributed by atoms with Gasteiger partial charge in [-0.15, -0.1) is 0 Å². The number of nitro benzene ring substituents is 1. The van der Waals surface area contributed by atoms with E-state index < -0.39 is 10.8 Å². The summed E-state index contributed by atoms with van der Waals surface area (Å²) in [6.07, 6.45) is 0. The molecule has 0 aliphatic rings. The SMILES string of the molecule is CCOc1cc([N+](=O)[O-])c(C(=O)NC(C)c2ccc(C(C)C)cc2)cc1OC. The van der Waals surface area contributed by atoms with Crippen LogP contribution in [0.1, 0.15) is 61.1 Å². The third-order valence-electron chi connectivity index (χ3n) is 4.47. The predicted molar refractivity (Wildman–Crippen MR) is 107 cm³/mol. The van der Waals surface area contributed by atoms with Crippen LogP contribution in [-0.2, 0) is 0 Å². The molecule has 1 unspecified atom stereocenters. The minimum atomic E-state index is -0.598. The van der Waals surface area contributed by atoms with Crippen LogP contribution in [0.2, 0.25) is 0 Å². The molecular weight excluding hydrogens is 360 g/mol. The Balaban J connectivity index is 2.30. The van der Waals surface area contributed by atoms with Crippen molar-refractivity contribution in [1.29, 1.82) is 0 Å². The average molecular weight is 386 g/mol. The van der Waals surface area contributed by atoms with E-state index in [1.807, 2.05) is 31.2 Å².